The van der Waals surface area contributed by atoms with Gasteiger partial charge in [-0.25, -0.2) is 0 Å². The van der Waals surface area contributed by atoms with Crippen molar-refractivity contribution in [3.05, 3.63) is 172 Å². The highest BCUT2D eigenvalue weighted by Gasteiger charge is 2.44. The Balaban J connectivity index is 1.07. The van der Waals surface area contributed by atoms with Crippen molar-refractivity contribution in [1.82, 2.24) is 4.57 Å². The lowest BCUT2D eigenvalue weighted by Gasteiger charge is -2.42. The molecule has 344 valence electrons. The van der Waals surface area contributed by atoms with Crippen LogP contribution in [0.2, 0.25) is 0 Å². The van der Waals surface area contributed by atoms with E-state index in [-0.39, 0.29) is 27.1 Å². The second kappa shape index (κ2) is 13.5. The topological polar surface area (TPSA) is 30.1 Å². The van der Waals surface area contributed by atoms with Gasteiger partial charge in [0.25, 0.3) is 0 Å². The summed E-state index contributed by atoms with van der Waals surface area (Å²) in [7, 11) is 0.819. The summed E-state index contributed by atoms with van der Waals surface area (Å²) in [5.41, 5.74) is 28.6. The first-order valence-electron chi connectivity index (χ1n) is 25.8. The van der Waals surface area contributed by atoms with Crippen LogP contribution in [0.15, 0.2) is 138 Å². The second-order valence-corrected chi connectivity index (χ2v) is 24.9. The molecule has 1 aliphatic heterocycles. The van der Waals surface area contributed by atoms with E-state index in [1.54, 1.807) is 0 Å². The SMILES string of the molecule is CC(C)(C)c1ccc(Nc2cc3c(cc2-c2ccc4c5c6c(ccc5n5c4c2Bc2cc4c(cc2-5)C(C)(C)c2ccccc2-4)oc2ccccc26)-c2cc4c(cc2C3(C)C)C(C)(C)CCC4(C)C)cc1. The number of rotatable bonds is 3. The van der Waals surface area contributed by atoms with Gasteiger partial charge in [-0.1, -0.05) is 160 Å². The van der Waals surface area contributed by atoms with Crippen LogP contribution in [-0.2, 0) is 27.1 Å². The Labute approximate surface area is 413 Å². The average Bonchev–Trinajstić information content (AvgIpc) is 4.01. The fourth-order valence-corrected chi connectivity index (χ4v) is 13.9. The van der Waals surface area contributed by atoms with Gasteiger partial charge in [-0.05, 0) is 156 Å². The van der Waals surface area contributed by atoms with Crippen molar-refractivity contribution in [1.29, 1.82) is 0 Å². The first-order chi connectivity index (χ1) is 33.3. The van der Waals surface area contributed by atoms with E-state index in [1.165, 1.54) is 129 Å². The average molecular weight is 909 g/mol. The van der Waals surface area contributed by atoms with Crippen LogP contribution in [0.1, 0.15) is 128 Å². The number of nitrogens with one attached hydrogen (secondary N) is 1. The smallest absolute Gasteiger partial charge is 0.198 e. The minimum absolute atomic E-state index is 0.0639. The number of para-hydroxylation sites is 1. The van der Waals surface area contributed by atoms with E-state index in [1.807, 2.05) is 0 Å². The Bertz CT molecular complexity index is 3970. The van der Waals surface area contributed by atoms with Gasteiger partial charge < -0.3 is 14.3 Å². The molecule has 0 bridgehead atoms. The van der Waals surface area contributed by atoms with E-state index in [0.29, 0.717) is 0 Å². The maximum atomic E-state index is 6.61. The maximum absolute atomic E-state index is 6.61. The molecule has 1 N–H and O–H groups in total. The molecule has 14 rings (SSSR count). The molecule has 0 saturated heterocycles. The van der Waals surface area contributed by atoms with Crippen LogP contribution >= 0.6 is 0 Å². The summed E-state index contributed by atoms with van der Waals surface area (Å²) in [5, 5.41) is 8.97. The van der Waals surface area contributed by atoms with Gasteiger partial charge in [0, 0.05) is 60.5 Å². The Hall–Kier alpha value is -6.78. The molecule has 0 amide bonds. The van der Waals surface area contributed by atoms with Gasteiger partial charge in [-0.2, -0.15) is 0 Å². The predicted molar refractivity (Wildman–Crippen MR) is 299 cm³/mol. The molecule has 3 aliphatic carbocycles. The zero-order chi connectivity index (χ0) is 48.2. The van der Waals surface area contributed by atoms with Crippen molar-refractivity contribution >= 4 is 73.3 Å². The minimum Gasteiger partial charge on any atom is -0.456 e. The third-order valence-electron chi connectivity index (χ3n) is 18.0. The molecule has 0 spiro atoms. The lowest BCUT2D eigenvalue weighted by molar-refractivity contribution is 0.331. The van der Waals surface area contributed by atoms with Gasteiger partial charge >= 0.3 is 0 Å². The second-order valence-electron chi connectivity index (χ2n) is 24.9. The van der Waals surface area contributed by atoms with Gasteiger partial charge in [-0.15, -0.1) is 0 Å². The van der Waals surface area contributed by atoms with Crippen LogP contribution in [0.5, 0.6) is 0 Å². The van der Waals surface area contributed by atoms with Crippen LogP contribution < -0.4 is 16.2 Å². The van der Waals surface area contributed by atoms with E-state index < -0.39 is 0 Å². The number of hydrogen-bond donors (Lipinski definition) is 1. The fraction of sp³-hybridized carbons (Fsp3) is 0.273. The highest BCUT2D eigenvalue weighted by Crippen LogP contribution is 2.57. The molecular weight excluding hydrogens is 848 g/mol. The molecule has 2 aromatic heterocycles. The van der Waals surface area contributed by atoms with Gasteiger partial charge in [0.1, 0.15) is 11.2 Å². The van der Waals surface area contributed by atoms with E-state index in [0.717, 1.165) is 35.2 Å². The lowest BCUT2D eigenvalue weighted by Crippen LogP contribution is -2.37. The number of fused-ring (bicyclic) bond motifs is 16. The van der Waals surface area contributed by atoms with Crippen LogP contribution in [0.25, 0.3) is 82.8 Å². The van der Waals surface area contributed by atoms with Gasteiger partial charge in [0.2, 0.25) is 0 Å². The van der Waals surface area contributed by atoms with Gasteiger partial charge in [0.05, 0.1) is 5.52 Å². The molecule has 0 fully saturated rings. The largest absolute Gasteiger partial charge is 0.456 e. The first kappa shape index (κ1) is 42.1. The molecule has 10 aromatic rings. The molecule has 4 aliphatic rings. The number of hydrogen-bond acceptors (Lipinski definition) is 2. The van der Waals surface area contributed by atoms with Gasteiger partial charge in [-0.3, -0.25) is 0 Å². The fourth-order valence-electron chi connectivity index (χ4n) is 13.9. The lowest BCUT2D eigenvalue weighted by atomic mass is 9.58. The number of anilines is 2. The van der Waals surface area contributed by atoms with Crippen molar-refractivity contribution < 1.29 is 4.42 Å². The first-order valence-corrected chi connectivity index (χ1v) is 25.8. The van der Waals surface area contributed by atoms with Crippen molar-refractivity contribution in [2.75, 3.05) is 5.32 Å². The van der Waals surface area contributed by atoms with E-state index in [4.69, 9.17) is 4.42 Å². The molecule has 3 nitrogen and oxygen atoms in total. The molecule has 0 radical (unpaired) electrons. The molecule has 0 atom stereocenters. The molecule has 0 unspecified atom stereocenters. The molecule has 0 saturated carbocycles. The molecular formula is C66H61BN2O. The van der Waals surface area contributed by atoms with Crippen LogP contribution in [0, 0.1) is 0 Å². The third kappa shape index (κ3) is 5.54. The summed E-state index contributed by atoms with van der Waals surface area (Å²) in [6.07, 6.45) is 2.39. The minimum atomic E-state index is -0.185. The van der Waals surface area contributed by atoms with E-state index in [9.17, 15) is 0 Å². The monoisotopic (exact) mass is 908 g/mol. The Morgan fingerprint density at radius 2 is 1.17 bits per heavy atom. The molecule has 8 aromatic carbocycles. The van der Waals surface area contributed by atoms with Gasteiger partial charge in [0.15, 0.2) is 7.28 Å². The van der Waals surface area contributed by atoms with Crippen molar-refractivity contribution in [3.63, 3.8) is 0 Å². The Kier molecular flexibility index (Phi) is 8.15. The number of furan rings is 1. The quantitative estimate of drug-likeness (QED) is 0.179. The maximum Gasteiger partial charge on any atom is 0.198 e. The van der Waals surface area contributed by atoms with Crippen molar-refractivity contribution in [3.8, 4) is 39.1 Å². The highest BCUT2D eigenvalue weighted by molar-refractivity contribution is 6.73. The molecule has 3 heterocycles. The zero-order valence-corrected chi connectivity index (χ0v) is 42.7. The molecule has 70 heavy (non-hydrogen) atoms. The summed E-state index contributed by atoms with van der Waals surface area (Å²) in [5.74, 6) is 0. The van der Waals surface area contributed by atoms with Crippen LogP contribution in [0.3, 0.4) is 0 Å². The number of nitrogens with zero attached hydrogens (tertiary/aromatic N) is 1. The summed E-state index contributed by atoms with van der Waals surface area (Å²) in [4.78, 5) is 0. The van der Waals surface area contributed by atoms with Crippen molar-refractivity contribution in [2.24, 2.45) is 0 Å². The van der Waals surface area contributed by atoms with Crippen LogP contribution in [-0.4, -0.2) is 11.8 Å². The third-order valence-corrected chi connectivity index (χ3v) is 18.0. The Morgan fingerprint density at radius 1 is 0.514 bits per heavy atom. The summed E-state index contributed by atoms with van der Waals surface area (Å²) in [6, 6.07) is 51.6. The Morgan fingerprint density at radius 3 is 1.94 bits per heavy atom. The number of benzene rings is 8. The van der Waals surface area contributed by atoms with E-state index in [2.05, 4.69) is 220 Å². The highest BCUT2D eigenvalue weighted by atomic mass is 16.3. The van der Waals surface area contributed by atoms with Crippen molar-refractivity contribution in [2.45, 2.75) is 116 Å². The normalized spacial score (nSPS) is 17.2. The summed E-state index contributed by atoms with van der Waals surface area (Å²) in [6.45, 7) is 26.4. The predicted octanol–water partition coefficient (Wildman–Crippen LogP) is 16.1. The zero-order valence-electron chi connectivity index (χ0n) is 42.7. The van der Waals surface area contributed by atoms with Crippen LogP contribution in [0.4, 0.5) is 11.4 Å². The van der Waals surface area contributed by atoms with E-state index >= 15 is 0 Å². The standard InChI is InChI=1S/C66H61BN2O/c1-62(2,3)36-20-22-37(23-21-36)68-53-34-48-42(43-31-50-51(33-47(43)66(48,10)11)64(6,7)29-28-63(50,4)5)30-45(53)39-24-25-41-58-54(26-27-57-59(58)40-17-13-15-19-56(40)70-57)69-55-35-49-44(32-52(55)67-60(39)61(41)69)38-16-12-14-18-46(38)65(49,8)9/h12-27,30-35,67-68H,28-29H2,1-11H3. The number of aromatic nitrogens is 1. The molecule has 4 heteroatoms. The summed E-state index contributed by atoms with van der Waals surface area (Å²) < 4.78 is 9.24. The summed E-state index contributed by atoms with van der Waals surface area (Å²) >= 11 is 0.